The molecule has 5 nitrogen and oxygen atoms in total. The molecular weight excluding hydrogens is 383 g/mol. The third kappa shape index (κ3) is 3.38. The monoisotopic (exact) mass is 396 g/mol. The Kier molecular flexibility index (Phi) is 4.77. The van der Waals surface area contributed by atoms with Gasteiger partial charge in [0.2, 0.25) is 5.91 Å². The molecule has 0 aliphatic rings. The third-order valence-electron chi connectivity index (χ3n) is 3.80. The highest BCUT2D eigenvalue weighted by molar-refractivity contribution is 7.18. The Balaban J connectivity index is 2.24. The number of carboxylic acids is 1. The Labute approximate surface area is 157 Å². The van der Waals surface area contributed by atoms with Crippen LogP contribution in [0.15, 0.2) is 23.6 Å². The molecule has 8 heteroatoms. The number of nitrogens with one attached hydrogen (secondary N) is 2. The molecule has 1 amide bonds. The number of carbonyl (C=O) groups excluding carboxylic acids is 1. The number of aromatic amines is 1. The van der Waals surface area contributed by atoms with Gasteiger partial charge in [0.15, 0.2) is 0 Å². The molecule has 0 spiro atoms. The number of halogens is 2. The van der Waals surface area contributed by atoms with Crippen LogP contribution in [-0.2, 0) is 4.79 Å². The molecule has 0 bridgehead atoms. The third-order valence-corrected chi connectivity index (χ3v) is 5.25. The first-order valence-electron chi connectivity index (χ1n) is 7.38. The zero-order chi connectivity index (χ0) is 18.3. The Morgan fingerprint density at radius 3 is 2.44 bits per heavy atom. The standard InChI is InChI=1S/C17H14Cl2N2O3S/c1-7(20-8(2)22)12-6-25-16-13(15(17(23)24)21-14(12)16)9-3-10(18)5-11(19)4-9/h3-7,21H,1-2H3,(H,20,22)(H,23,24). The second kappa shape index (κ2) is 6.71. The summed E-state index contributed by atoms with van der Waals surface area (Å²) in [5.74, 6) is -1.23. The maximum Gasteiger partial charge on any atom is 0.353 e. The van der Waals surface area contributed by atoms with E-state index < -0.39 is 5.97 Å². The van der Waals surface area contributed by atoms with Gasteiger partial charge in [-0.1, -0.05) is 23.2 Å². The van der Waals surface area contributed by atoms with Crippen LogP contribution in [0.1, 0.15) is 35.9 Å². The van der Waals surface area contributed by atoms with Crippen LogP contribution in [-0.4, -0.2) is 22.0 Å². The lowest BCUT2D eigenvalue weighted by atomic mass is 10.0. The Morgan fingerprint density at radius 2 is 1.88 bits per heavy atom. The van der Waals surface area contributed by atoms with Crippen LogP contribution in [0.3, 0.4) is 0 Å². The molecule has 0 saturated heterocycles. The van der Waals surface area contributed by atoms with Crippen molar-refractivity contribution < 1.29 is 14.7 Å². The fraction of sp³-hybridized carbons (Fsp3) is 0.176. The van der Waals surface area contributed by atoms with Gasteiger partial charge in [-0.2, -0.15) is 0 Å². The first-order chi connectivity index (χ1) is 11.8. The van der Waals surface area contributed by atoms with Gasteiger partial charge in [0.05, 0.1) is 16.3 Å². The van der Waals surface area contributed by atoms with E-state index in [0.29, 0.717) is 26.7 Å². The van der Waals surface area contributed by atoms with Gasteiger partial charge in [-0.15, -0.1) is 11.3 Å². The summed E-state index contributed by atoms with van der Waals surface area (Å²) in [5.41, 5.74) is 2.75. The summed E-state index contributed by atoms with van der Waals surface area (Å²) in [6.45, 7) is 3.29. The number of fused-ring (bicyclic) bond motifs is 1. The lowest BCUT2D eigenvalue weighted by Gasteiger charge is -2.10. The van der Waals surface area contributed by atoms with Gasteiger partial charge in [0.1, 0.15) is 5.69 Å². The van der Waals surface area contributed by atoms with Crippen LogP contribution < -0.4 is 5.32 Å². The van der Waals surface area contributed by atoms with E-state index in [0.717, 1.165) is 10.3 Å². The molecule has 2 heterocycles. The summed E-state index contributed by atoms with van der Waals surface area (Å²) >= 11 is 13.6. The predicted molar refractivity (Wildman–Crippen MR) is 101 cm³/mol. The molecule has 25 heavy (non-hydrogen) atoms. The van der Waals surface area contributed by atoms with Crippen molar-refractivity contribution in [2.24, 2.45) is 0 Å². The maximum absolute atomic E-state index is 11.7. The molecule has 3 rings (SSSR count). The minimum absolute atomic E-state index is 0.0662. The minimum atomic E-state index is -1.08. The Bertz CT molecular complexity index is 973. The van der Waals surface area contributed by atoms with Crippen LogP contribution >= 0.6 is 34.5 Å². The molecular formula is C17H14Cl2N2O3S. The maximum atomic E-state index is 11.7. The molecule has 1 atom stereocenters. The lowest BCUT2D eigenvalue weighted by molar-refractivity contribution is -0.119. The number of hydrogen-bond donors (Lipinski definition) is 3. The molecule has 3 aromatic rings. The largest absolute Gasteiger partial charge is 0.477 e. The van der Waals surface area contributed by atoms with E-state index in [2.05, 4.69) is 10.3 Å². The average molecular weight is 397 g/mol. The van der Waals surface area contributed by atoms with E-state index in [4.69, 9.17) is 23.2 Å². The number of aromatic nitrogens is 1. The summed E-state index contributed by atoms with van der Waals surface area (Å²) in [5, 5.41) is 15.2. The van der Waals surface area contributed by atoms with Crippen molar-refractivity contribution in [2.75, 3.05) is 0 Å². The van der Waals surface area contributed by atoms with E-state index in [9.17, 15) is 14.7 Å². The van der Waals surface area contributed by atoms with Gasteiger partial charge in [-0.3, -0.25) is 4.79 Å². The molecule has 1 aromatic carbocycles. The number of carbonyl (C=O) groups is 2. The molecule has 0 fully saturated rings. The van der Waals surface area contributed by atoms with Gasteiger partial charge < -0.3 is 15.4 Å². The SMILES string of the molecule is CC(=O)NC(C)c1csc2c(-c3cc(Cl)cc(Cl)c3)c(C(=O)O)[nH]c12. The number of rotatable bonds is 4. The van der Waals surface area contributed by atoms with E-state index in [1.165, 1.54) is 18.3 Å². The van der Waals surface area contributed by atoms with Crippen LogP contribution in [0.2, 0.25) is 10.0 Å². The Hall–Kier alpha value is -2.02. The van der Waals surface area contributed by atoms with E-state index in [-0.39, 0.29) is 17.6 Å². The zero-order valence-corrected chi connectivity index (χ0v) is 15.6. The molecule has 0 radical (unpaired) electrons. The fourth-order valence-corrected chi connectivity index (χ4v) is 4.54. The molecule has 1 unspecified atom stereocenters. The molecule has 3 N–H and O–H groups in total. The number of benzene rings is 1. The highest BCUT2D eigenvalue weighted by Crippen LogP contribution is 2.41. The molecule has 0 saturated carbocycles. The summed E-state index contributed by atoms with van der Waals surface area (Å²) in [6.07, 6.45) is 0. The number of amides is 1. The van der Waals surface area contributed by atoms with Crippen LogP contribution in [0.4, 0.5) is 0 Å². The smallest absolute Gasteiger partial charge is 0.353 e. The number of carboxylic acid groups (broad SMARTS) is 1. The minimum Gasteiger partial charge on any atom is -0.477 e. The first kappa shape index (κ1) is 17.8. The average Bonchev–Trinajstić information content (AvgIpc) is 3.03. The normalized spacial score (nSPS) is 12.3. The van der Waals surface area contributed by atoms with Crippen molar-refractivity contribution in [3.63, 3.8) is 0 Å². The first-order valence-corrected chi connectivity index (χ1v) is 9.01. The van der Waals surface area contributed by atoms with Crippen molar-refractivity contribution >= 4 is 56.6 Å². The zero-order valence-electron chi connectivity index (χ0n) is 13.3. The van der Waals surface area contributed by atoms with Crippen LogP contribution in [0.25, 0.3) is 21.3 Å². The predicted octanol–water partition coefficient (Wildman–Crippen LogP) is 5.10. The fourth-order valence-electron chi connectivity index (χ4n) is 2.82. The van der Waals surface area contributed by atoms with Crippen molar-refractivity contribution in [3.05, 3.63) is 44.9 Å². The molecule has 0 aliphatic heterocycles. The van der Waals surface area contributed by atoms with Crippen molar-refractivity contribution in [3.8, 4) is 11.1 Å². The summed E-state index contributed by atoms with van der Waals surface area (Å²) in [6, 6.07) is 4.70. The van der Waals surface area contributed by atoms with Crippen LogP contribution in [0.5, 0.6) is 0 Å². The van der Waals surface area contributed by atoms with Gasteiger partial charge in [0.25, 0.3) is 0 Å². The molecule has 2 aromatic heterocycles. The van der Waals surface area contributed by atoms with Crippen molar-refractivity contribution in [2.45, 2.75) is 19.9 Å². The van der Waals surface area contributed by atoms with Gasteiger partial charge in [-0.05, 0) is 36.1 Å². The van der Waals surface area contributed by atoms with Crippen molar-refractivity contribution in [1.29, 1.82) is 0 Å². The topological polar surface area (TPSA) is 82.2 Å². The van der Waals surface area contributed by atoms with Gasteiger partial charge >= 0.3 is 5.97 Å². The number of thiophene rings is 1. The summed E-state index contributed by atoms with van der Waals surface area (Å²) < 4.78 is 0.780. The highest BCUT2D eigenvalue weighted by atomic mass is 35.5. The van der Waals surface area contributed by atoms with E-state index >= 15 is 0 Å². The number of H-pyrrole nitrogens is 1. The quantitative estimate of drug-likeness (QED) is 0.573. The highest BCUT2D eigenvalue weighted by Gasteiger charge is 2.24. The Morgan fingerprint density at radius 1 is 1.24 bits per heavy atom. The second-order valence-corrected chi connectivity index (χ2v) is 7.41. The van der Waals surface area contributed by atoms with E-state index in [1.807, 2.05) is 12.3 Å². The molecule has 0 aliphatic carbocycles. The summed E-state index contributed by atoms with van der Waals surface area (Å²) in [7, 11) is 0. The van der Waals surface area contributed by atoms with Crippen molar-refractivity contribution in [1.82, 2.24) is 10.3 Å². The number of aromatic carboxylic acids is 1. The lowest BCUT2D eigenvalue weighted by Crippen LogP contribution is -2.23. The van der Waals surface area contributed by atoms with E-state index in [1.54, 1.807) is 18.2 Å². The number of hydrogen-bond acceptors (Lipinski definition) is 3. The van der Waals surface area contributed by atoms with Gasteiger partial charge in [-0.25, -0.2) is 4.79 Å². The van der Waals surface area contributed by atoms with Crippen LogP contribution in [0, 0.1) is 0 Å². The molecule has 130 valence electrons. The van der Waals surface area contributed by atoms with Gasteiger partial charge in [0, 0.05) is 28.1 Å². The summed E-state index contributed by atoms with van der Waals surface area (Å²) in [4.78, 5) is 26.0. The second-order valence-electron chi connectivity index (χ2n) is 5.66.